The highest BCUT2D eigenvalue weighted by atomic mass is 35.5. The molecule has 0 radical (unpaired) electrons. The molecule has 0 fully saturated rings. The maximum atomic E-state index is 12.6. The van der Waals surface area contributed by atoms with Crippen molar-refractivity contribution in [3.63, 3.8) is 0 Å². The number of nitrogens with zero attached hydrogens (tertiary/aromatic N) is 1. The highest BCUT2D eigenvalue weighted by Crippen LogP contribution is 2.29. The van der Waals surface area contributed by atoms with E-state index in [0.29, 0.717) is 5.02 Å². The zero-order valence-corrected chi connectivity index (χ0v) is 14.2. The Morgan fingerprint density at radius 2 is 1.90 bits per heavy atom. The fourth-order valence-electron chi connectivity index (χ4n) is 1.77. The monoisotopic (exact) mass is 318 g/mol. The lowest BCUT2D eigenvalue weighted by molar-refractivity contribution is 0.216. The van der Waals surface area contributed by atoms with Gasteiger partial charge in [-0.1, -0.05) is 38.4 Å². The van der Waals surface area contributed by atoms with Gasteiger partial charge >= 0.3 is 0 Å². The van der Waals surface area contributed by atoms with Crippen molar-refractivity contribution in [1.29, 1.82) is 0 Å². The first-order valence-corrected chi connectivity index (χ1v) is 8.30. The van der Waals surface area contributed by atoms with Crippen LogP contribution in [0.1, 0.15) is 33.3 Å². The normalized spacial score (nSPS) is 14.6. The number of nitrogens with two attached hydrogens (primary N) is 1. The molecule has 1 atom stereocenters. The molecule has 0 aliphatic heterocycles. The maximum Gasteiger partial charge on any atom is 0.243 e. The Balaban J connectivity index is 3.20. The Kier molecular flexibility index (Phi) is 5.24. The number of sulfonamides is 1. The van der Waals surface area contributed by atoms with E-state index in [1.54, 1.807) is 19.2 Å². The van der Waals surface area contributed by atoms with Crippen molar-refractivity contribution in [3.05, 3.63) is 28.8 Å². The summed E-state index contributed by atoms with van der Waals surface area (Å²) in [6.07, 6.45) is 0. The molecule has 0 aromatic heterocycles. The van der Waals surface area contributed by atoms with Crippen LogP contribution >= 0.6 is 11.6 Å². The van der Waals surface area contributed by atoms with Crippen molar-refractivity contribution in [1.82, 2.24) is 4.31 Å². The average Bonchev–Trinajstić information content (AvgIpc) is 2.35. The van der Waals surface area contributed by atoms with Gasteiger partial charge < -0.3 is 5.73 Å². The molecule has 0 saturated carbocycles. The van der Waals surface area contributed by atoms with Crippen LogP contribution in [-0.2, 0) is 16.6 Å². The molecule has 0 amide bonds. The average molecular weight is 319 g/mol. The summed E-state index contributed by atoms with van der Waals surface area (Å²) in [4.78, 5) is 0.193. The minimum atomic E-state index is -3.56. The summed E-state index contributed by atoms with van der Waals surface area (Å²) in [7, 11) is -1.97. The van der Waals surface area contributed by atoms with E-state index in [4.69, 9.17) is 17.3 Å². The lowest BCUT2D eigenvalue weighted by Crippen LogP contribution is -2.42. The molecule has 1 aromatic carbocycles. The van der Waals surface area contributed by atoms with Gasteiger partial charge in [-0.2, -0.15) is 4.31 Å². The Bertz CT molecular complexity index is 579. The number of benzene rings is 1. The third-order valence-corrected chi connectivity index (χ3v) is 6.00. The van der Waals surface area contributed by atoms with Gasteiger partial charge in [0.05, 0.1) is 4.90 Å². The first-order chi connectivity index (χ1) is 9.01. The van der Waals surface area contributed by atoms with Gasteiger partial charge in [0.15, 0.2) is 0 Å². The minimum absolute atomic E-state index is 0.138. The number of halogens is 1. The Morgan fingerprint density at radius 1 is 1.35 bits per heavy atom. The quantitative estimate of drug-likeness (QED) is 0.928. The second-order valence-electron chi connectivity index (χ2n) is 6.02. The van der Waals surface area contributed by atoms with E-state index in [-0.39, 0.29) is 22.9 Å². The highest BCUT2D eigenvalue weighted by Gasteiger charge is 2.32. The summed E-state index contributed by atoms with van der Waals surface area (Å²) in [5, 5.41) is 0.380. The summed E-state index contributed by atoms with van der Waals surface area (Å²) in [5.41, 5.74) is 6.11. The SMILES string of the molecule is CC(N(C)S(=O)(=O)c1ccc(CN)c(Cl)c1)C(C)(C)C. The van der Waals surface area contributed by atoms with Gasteiger partial charge in [0.2, 0.25) is 10.0 Å². The molecule has 0 saturated heterocycles. The number of rotatable bonds is 4. The van der Waals surface area contributed by atoms with Gasteiger partial charge in [-0.25, -0.2) is 8.42 Å². The number of hydrogen-bond acceptors (Lipinski definition) is 3. The minimum Gasteiger partial charge on any atom is -0.326 e. The van der Waals surface area contributed by atoms with Gasteiger partial charge in [-0.15, -0.1) is 0 Å². The van der Waals surface area contributed by atoms with Crippen LogP contribution in [0.2, 0.25) is 5.02 Å². The molecule has 0 bridgehead atoms. The molecule has 6 heteroatoms. The molecule has 114 valence electrons. The van der Waals surface area contributed by atoms with E-state index in [1.165, 1.54) is 10.4 Å². The zero-order valence-electron chi connectivity index (χ0n) is 12.6. The summed E-state index contributed by atoms with van der Waals surface area (Å²) in [6.45, 7) is 8.21. The topological polar surface area (TPSA) is 63.4 Å². The fraction of sp³-hybridized carbons (Fsp3) is 0.571. The van der Waals surface area contributed by atoms with Crippen molar-refractivity contribution in [2.45, 2.75) is 45.2 Å². The molecule has 0 spiro atoms. The maximum absolute atomic E-state index is 12.6. The molecule has 0 heterocycles. The first-order valence-electron chi connectivity index (χ1n) is 6.48. The van der Waals surface area contributed by atoms with Crippen molar-refractivity contribution in [3.8, 4) is 0 Å². The summed E-state index contributed by atoms with van der Waals surface area (Å²) >= 11 is 6.05. The highest BCUT2D eigenvalue weighted by molar-refractivity contribution is 7.89. The van der Waals surface area contributed by atoms with Crippen LogP contribution in [0.4, 0.5) is 0 Å². The first kappa shape index (κ1) is 17.4. The molecule has 4 nitrogen and oxygen atoms in total. The third-order valence-electron chi connectivity index (χ3n) is 3.72. The van der Waals surface area contributed by atoms with Gasteiger partial charge in [0.25, 0.3) is 0 Å². The third kappa shape index (κ3) is 3.52. The van der Waals surface area contributed by atoms with Gasteiger partial charge in [0, 0.05) is 24.7 Å². The van der Waals surface area contributed by atoms with Crippen LogP contribution in [0.5, 0.6) is 0 Å². The van der Waals surface area contributed by atoms with E-state index in [2.05, 4.69) is 0 Å². The summed E-state index contributed by atoms with van der Waals surface area (Å²) in [6, 6.07) is 4.53. The Morgan fingerprint density at radius 3 is 2.30 bits per heavy atom. The van der Waals surface area contributed by atoms with E-state index in [0.717, 1.165) is 5.56 Å². The van der Waals surface area contributed by atoms with Crippen LogP contribution in [0, 0.1) is 5.41 Å². The van der Waals surface area contributed by atoms with Gasteiger partial charge in [-0.05, 0) is 30.0 Å². The molecule has 1 aromatic rings. The zero-order chi connectivity index (χ0) is 15.7. The summed E-state index contributed by atoms with van der Waals surface area (Å²) in [5.74, 6) is 0. The number of hydrogen-bond donors (Lipinski definition) is 1. The van der Waals surface area contributed by atoms with E-state index in [1.807, 2.05) is 27.7 Å². The van der Waals surface area contributed by atoms with E-state index in [9.17, 15) is 8.42 Å². The van der Waals surface area contributed by atoms with Crippen molar-refractivity contribution < 1.29 is 8.42 Å². The van der Waals surface area contributed by atoms with Crippen molar-refractivity contribution in [2.24, 2.45) is 11.1 Å². The molecule has 0 aliphatic carbocycles. The second kappa shape index (κ2) is 6.02. The molecule has 1 unspecified atom stereocenters. The van der Waals surface area contributed by atoms with Gasteiger partial charge in [-0.3, -0.25) is 0 Å². The second-order valence-corrected chi connectivity index (χ2v) is 8.43. The molecule has 2 N–H and O–H groups in total. The van der Waals surface area contributed by atoms with Crippen LogP contribution < -0.4 is 5.73 Å². The molecule has 1 rings (SSSR count). The Labute approximate surface area is 127 Å². The molecular formula is C14H23ClN2O2S. The smallest absolute Gasteiger partial charge is 0.243 e. The molecule has 0 aliphatic rings. The molecule has 20 heavy (non-hydrogen) atoms. The van der Waals surface area contributed by atoms with E-state index >= 15 is 0 Å². The molecular weight excluding hydrogens is 296 g/mol. The predicted molar refractivity (Wildman–Crippen MR) is 83.2 cm³/mol. The van der Waals surface area contributed by atoms with Crippen molar-refractivity contribution in [2.75, 3.05) is 7.05 Å². The van der Waals surface area contributed by atoms with E-state index < -0.39 is 10.0 Å². The summed E-state index contributed by atoms with van der Waals surface area (Å²) < 4.78 is 26.6. The van der Waals surface area contributed by atoms with Crippen LogP contribution in [0.15, 0.2) is 23.1 Å². The largest absolute Gasteiger partial charge is 0.326 e. The van der Waals surface area contributed by atoms with Crippen LogP contribution in [-0.4, -0.2) is 25.8 Å². The lowest BCUT2D eigenvalue weighted by atomic mass is 9.88. The fourth-order valence-corrected chi connectivity index (χ4v) is 3.67. The van der Waals surface area contributed by atoms with Crippen LogP contribution in [0.25, 0.3) is 0 Å². The van der Waals surface area contributed by atoms with Gasteiger partial charge in [0.1, 0.15) is 0 Å². The van der Waals surface area contributed by atoms with Crippen LogP contribution in [0.3, 0.4) is 0 Å². The lowest BCUT2D eigenvalue weighted by Gasteiger charge is -2.34. The van der Waals surface area contributed by atoms with Crippen molar-refractivity contribution >= 4 is 21.6 Å². The standard InChI is InChI=1S/C14H23ClN2O2S/c1-10(14(2,3)4)17(5)20(18,19)12-7-6-11(9-16)13(15)8-12/h6-8,10H,9,16H2,1-5H3. The Hall–Kier alpha value is -0.620. The predicted octanol–water partition coefficient (Wildman–Crippen LogP) is 2.85.